The van der Waals surface area contributed by atoms with Gasteiger partial charge in [-0.1, -0.05) is 31.9 Å². The quantitative estimate of drug-likeness (QED) is 0.242. The molecule has 8 nitrogen and oxygen atoms in total. The molecule has 1 aromatic carbocycles. The molecule has 1 N–H and O–H groups in total. The van der Waals surface area contributed by atoms with Crippen LogP contribution in [0.4, 0.5) is 0 Å². The standard InChI is InChI=1S/C27H33N3O5/c1-2-3-4-16-35-22-7-5-6-21(19-22)24-23(25(31)20-8-10-28-11-9-20)26(32)27(33)30(24)13-12-29-14-17-34-18-15-29/h5-11,19,24,31H,2-4,12-18H2,1H3. The number of carbonyl (C=O) groups is 2. The van der Waals surface area contributed by atoms with Crippen molar-refractivity contribution in [1.29, 1.82) is 0 Å². The third-order valence-electron chi connectivity index (χ3n) is 6.45. The van der Waals surface area contributed by atoms with E-state index >= 15 is 0 Å². The van der Waals surface area contributed by atoms with Gasteiger partial charge in [0.25, 0.3) is 11.7 Å². The van der Waals surface area contributed by atoms with E-state index in [9.17, 15) is 14.7 Å². The number of morpholine rings is 1. The summed E-state index contributed by atoms with van der Waals surface area (Å²) in [6, 6.07) is 10.0. The summed E-state index contributed by atoms with van der Waals surface area (Å²) in [7, 11) is 0. The molecule has 8 heteroatoms. The van der Waals surface area contributed by atoms with Crippen LogP contribution in [0.1, 0.15) is 43.4 Å². The molecular weight excluding hydrogens is 446 g/mol. The smallest absolute Gasteiger partial charge is 0.295 e. The lowest BCUT2D eigenvalue weighted by atomic mass is 9.95. The number of hydrogen-bond donors (Lipinski definition) is 1. The van der Waals surface area contributed by atoms with Crippen molar-refractivity contribution in [1.82, 2.24) is 14.8 Å². The summed E-state index contributed by atoms with van der Waals surface area (Å²) in [5.41, 5.74) is 1.27. The molecule has 0 radical (unpaired) electrons. The number of pyridine rings is 1. The van der Waals surface area contributed by atoms with Crippen LogP contribution in [0, 0.1) is 0 Å². The molecule has 1 amide bonds. The summed E-state index contributed by atoms with van der Waals surface area (Å²) in [6.45, 7) is 6.61. The Kier molecular flexibility index (Phi) is 8.50. The lowest BCUT2D eigenvalue weighted by molar-refractivity contribution is -0.140. The molecular formula is C27H33N3O5. The second-order valence-corrected chi connectivity index (χ2v) is 8.81. The first-order valence-electron chi connectivity index (χ1n) is 12.3. The molecule has 2 fully saturated rings. The van der Waals surface area contributed by atoms with E-state index in [-0.39, 0.29) is 11.3 Å². The number of carbonyl (C=O) groups excluding carboxylic acids is 2. The van der Waals surface area contributed by atoms with Crippen molar-refractivity contribution >= 4 is 17.4 Å². The second-order valence-electron chi connectivity index (χ2n) is 8.81. The van der Waals surface area contributed by atoms with Crippen LogP contribution in [-0.2, 0) is 14.3 Å². The molecule has 2 saturated heterocycles. The summed E-state index contributed by atoms with van der Waals surface area (Å²) >= 11 is 0. The summed E-state index contributed by atoms with van der Waals surface area (Å²) < 4.78 is 11.4. The third kappa shape index (κ3) is 5.89. The Bertz CT molecular complexity index is 1050. The van der Waals surface area contributed by atoms with E-state index in [1.54, 1.807) is 29.4 Å². The number of likely N-dealkylation sites (tertiary alicyclic amines) is 1. The number of ether oxygens (including phenoxy) is 2. The van der Waals surface area contributed by atoms with Crippen molar-refractivity contribution in [3.05, 3.63) is 65.5 Å². The number of ketones is 1. The van der Waals surface area contributed by atoms with Crippen LogP contribution < -0.4 is 4.74 Å². The van der Waals surface area contributed by atoms with Gasteiger partial charge in [0.05, 0.1) is 31.4 Å². The van der Waals surface area contributed by atoms with E-state index in [1.807, 2.05) is 24.3 Å². The van der Waals surface area contributed by atoms with Crippen LogP contribution in [0.25, 0.3) is 5.76 Å². The van der Waals surface area contributed by atoms with Crippen molar-refractivity contribution in [3.8, 4) is 5.75 Å². The average Bonchev–Trinajstić information content (AvgIpc) is 3.16. The molecule has 2 aliphatic heterocycles. The monoisotopic (exact) mass is 479 g/mol. The molecule has 2 aromatic rings. The minimum absolute atomic E-state index is 0.0892. The fraction of sp³-hybridized carbons (Fsp3) is 0.444. The number of unbranched alkanes of at least 4 members (excludes halogenated alkanes) is 2. The molecule has 4 rings (SSSR count). The van der Waals surface area contributed by atoms with Crippen LogP contribution in [0.2, 0.25) is 0 Å². The first-order valence-corrected chi connectivity index (χ1v) is 12.3. The molecule has 1 atom stereocenters. The van der Waals surface area contributed by atoms with Gasteiger partial charge >= 0.3 is 0 Å². The number of aromatic nitrogens is 1. The van der Waals surface area contributed by atoms with Crippen LogP contribution >= 0.6 is 0 Å². The zero-order chi connectivity index (χ0) is 24.6. The molecule has 0 bridgehead atoms. The molecule has 35 heavy (non-hydrogen) atoms. The Morgan fingerprint density at radius 2 is 1.89 bits per heavy atom. The topological polar surface area (TPSA) is 92.2 Å². The minimum Gasteiger partial charge on any atom is -0.507 e. The number of nitrogens with zero attached hydrogens (tertiary/aromatic N) is 3. The van der Waals surface area contributed by atoms with Gasteiger partial charge in [0.15, 0.2) is 0 Å². The Morgan fingerprint density at radius 3 is 2.63 bits per heavy atom. The first kappa shape index (κ1) is 24.9. The predicted molar refractivity (Wildman–Crippen MR) is 132 cm³/mol. The number of amides is 1. The largest absolute Gasteiger partial charge is 0.507 e. The molecule has 0 spiro atoms. The summed E-state index contributed by atoms with van der Waals surface area (Å²) in [5, 5.41) is 11.1. The molecule has 0 saturated carbocycles. The maximum absolute atomic E-state index is 13.2. The van der Waals surface area contributed by atoms with Gasteiger partial charge in [-0.3, -0.25) is 19.5 Å². The van der Waals surface area contributed by atoms with Crippen molar-refractivity contribution in [3.63, 3.8) is 0 Å². The van der Waals surface area contributed by atoms with E-state index in [0.717, 1.165) is 37.9 Å². The molecule has 2 aliphatic rings. The maximum atomic E-state index is 13.2. The lowest BCUT2D eigenvalue weighted by Crippen LogP contribution is -2.42. The Hall–Kier alpha value is -3.23. The highest BCUT2D eigenvalue weighted by molar-refractivity contribution is 6.46. The SMILES string of the molecule is CCCCCOc1cccc(C2C(=C(O)c3ccncc3)C(=O)C(=O)N2CCN2CCOCC2)c1. The minimum atomic E-state index is -0.705. The highest BCUT2D eigenvalue weighted by Crippen LogP contribution is 2.40. The van der Waals surface area contributed by atoms with E-state index in [1.165, 1.54) is 0 Å². The van der Waals surface area contributed by atoms with Gasteiger partial charge in [0.1, 0.15) is 11.5 Å². The average molecular weight is 480 g/mol. The number of benzene rings is 1. The summed E-state index contributed by atoms with van der Waals surface area (Å²) in [6.07, 6.45) is 6.25. The summed E-state index contributed by atoms with van der Waals surface area (Å²) in [4.78, 5) is 34.2. The van der Waals surface area contributed by atoms with Gasteiger partial charge < -0.3 is 19.5 Å². The lowest BCUT2D eigenvalue weighted by Gasteiger charge is -2.31. The third-order valence-corrected chi connectivity index (χ3v) is 6.45. The number of aliphatic hydroxyl groups excluding tert-OH is 1. The molecule has 186 valence electrons. The van der Waals surface area contributed by atoms with Gasteiger partial charge in [0.2, 0.25) is 0 Å². The number of hydrogen-bond acceptors (Lipinski definition) is 7. The van der Waals surface area contributed by atoms with Gasteiger partial charge in [-0.2, -0.15) is 0 Å². The number of aliphatic hydroxyl groups is 1. The fourth-order valence-electron chi connectivity index (χ4n) is 4.51. The van der Waals surface area contributed by atoms with Crippen molar-refractivity contribution < 1.29 is 24.2 Å². The van der Waals surface area contributed by atoms with Crippen LogP contribution in [0.15, 0.2) is 54.4 Å². The van der Waals surface area contributed by atoms with Crippen LogP contribution in [0.5, 0.6) is 5.75 Å². The molecule has 0 aliphatic carbocycles. The van der Waals surface area contributed by atoms with Gasteiger partial charge in [0, 0.05) is 44.1 Å². The highest BCUT2D eigenvalue weighted by atomic mass is 16.5. The Labute approximate surface area is 206 Å². The van der Waals surface area contributed by atoms with Crippen molar-refractivity contribution in [2.45, 2.75) is 32.2 Å². The Balaban J connectivity index is 1.67. The van der Waals surface area contributed by atoms with Gasteiger partial charge in [-0.05, 0) is 36.2 Å². The number of rotatable bonds is 10. The van der Waals surface area contributed by atoms with E-state index in [0.29, 0.717) is 44.2 Å². The van der Waals surface area contributed by atoms with E-state index in [2.05, 4.69) is 16.8 Å². The summed E-state index contributed by atoms with van der Waals surface area (Å²) in [5.74, 6) is -0.797. The van der Waals surface area contributed by atoms with E-state index < -0.39 is 17.7 Å². The maximum Gasteiger partial charge on any atom is 0.295 e. The molecule has 3 heterocycles. The van der Waals surface area contributed by atoms with Crippen LogP contribution in [-0.4, -0.2) is 77.6 Å². The Morgan fingerprint density at radius 1 is 1.11 bits per heavy atom. The van der Waals surface area contributed by atoms with Crippen LogP contribution in [0.3, 0.4) is 0 Å². The zero-order valence-electron chi connectivity index (χ0n) is 20.2. The molecule has 1 aromatic heterocycles. The van der Waals surface area contributed by atoms with Crippen molar-refractivity contribution in [2.75, 3.05) is 46.0 Å². The second kappa shape index (κ2) is 12.0. The van der Waals surface area contributed by atoms with Gasteiger partial charge in [-0.15, -0.1) is 0 Å². The van der Waals surface area contributed by atoms with E-state index in [4.69, 9.17) is 9.47 Å². The predicted octanol–water partition coefficient (Wildman–Crippen LogP) is 3.40. The molecule has 1 unspecified atom stereocenters. The van der Waals surface area contributed by atoms with Crippen molar-refractivity contribution in [2.24, 2.45) is 0 Å². The zero-order valence-corrected chi connectivity index (χ0v) is 20.2. The first-order chi connectivity index (χ1) is 17.1. The highest BCUT2D eigenvalue weighted by Gasteiger charge is 2.46. The normalized spacial score (nSPS) is 20.4. The number of Topliss-reactive ketones (excluding diaryl/α,β-unsaturated/α-hetero) is 1. The fourth-order valence-corrected chi connectivity index (χ4v) is 4.51. The van der Waals surface area contributed by atoms with Gasteiger partial charge in [-0.25, -0.2) is 0 Å².